The average molecular weight is 989 g/mol. The predicted molar refractivity (Wildman–Crippen MR) is 302 cm³/mol. The number of fused-ring (bicyclic) bond motifs is 8. The van der Waals surface area contributed by atoms with Crippen molar-refractivity contribution in [2.75, 3.05) is 0 Å². The van der Waals surface area contributed by atoms with Crippen LogP contribution in [0.5, 0.6) is 23.0 Å². The molecule has 0 unspecified atom stereocenters. The molecule has 4 N–H and O–H groups in total. The van der Waals surface area contributed by atoms with E-state index in [9.17, 15) is 41.5 Å². The van der Waals surface area contributed by atoms with Gasteiger partial charge in [0.05, 0.1) is 46.6 Å². The SMILES string of the molecule is Cc1ccc(/C=C(\C#N)c2cc3c(O)c(c2)Cc2cc(/C(C#N)=C/c4ccc(C)cc4)cc(c2O)Cc2cc(/C(C#N)=C/c4ccc(C)cc4)cc(c2O)Cc2cc(/C(C#N)=C/c4ccc(C)cc4)cc(c2O)C3)cc1. The number of nitrogens with zero attached hydrogens (tertiary/aromatic N) is 4. The first-order chi connectivity index (χ1) is 36.7. The van der Waals surface area contributed by atoms with Crippen LogP contribution in [0.25, 0.3) is 46.6 Å². The molecule has 0 aliphatic heterocycles. The highest BCUT2D eigenvalue weighted by Gasteiger charge is 2.24. The van der Waals surface area contributed by atoms with Crippen LogP contribution in [0.4, 0.5) is 0 Å². The minimum absolute atomic E-state index is 0.0733. The van der Waals surface area contributed by atoms with Gasteiger partial charge in [0.25, 0.3) is 0 Å². The van der Waals surface area contributed by atoms with Crippen LogP contribution < -0.4 is 0 Å². The Morgan fingerprint density at radius 1 is 0.303 bits per heavy atom. The van der Waals surface area contributed by atoms with Gasteiger partial charge in [-0.05, 0) is 190 Å². The molecule has 0 amide bonds. The molecule has 1 aliphatic rings. The van der Waals surface area contributed by atoms with Crippen molar-refractivity contribution < 1.29 is 20.4 Å². The summed E-state index contributed by atoms with van der Waals surface area (Å²) in [6, 6.07) is 54.2. The summed E-state index contributed by atoms with van der Waals surface area (Å²) in [4.78, 5) is 0. The smallest absolute Gasteiger partial charge is 0.122 e. The van der Waals surface area contributed by atoms with Gasteiger partial charge in [0, 0.05) is 25.7 Å². The molecule has 8 aromatic carbocycles. The van der Waals surface area contributed by atoms with Crippen molar-refractivity contribution in [3.8, 4) is 47.3 Å². The average Bonchev–Trinajstić information content (AvgIpc) is 3.41. The van der Waals surface area contributed by atoms with Crippen molar-refractivity contribution in [2.45, 2.75) is 53.4 Å². The van der Waals surface area contributed by atoms with Crippen LogP contribution in [0, 0.1) is 73.0 Å². The largest absolute Gasteiger partial charge is 0.507 e. The van der Waals surface area contributed by atoms with Crippen LogP contribution in [-0.2, 0) is 25.7 Å². The maximum absolute atomic E-state index is 12.5. The van der Waals surface area contributed by atoms with Crippen molar-refractivity contribution in [2.24, 2.45) is 0 Å². The highest BCUT2D eigenvalue weighted by molar-refractivity contribution is 5.93. The van der Waals surface area contributed by atoms with E-state index in [-0.39, 0.29) is 48.7 Å². The lowest BCUT2D eigenvalue weighted by atomic mass is 9.86. The number of allylic oxidation sites excluding steroid dienone is 4. The van der Waals surface area contributed by atoms with Crippen LogP contribution in [0.1, 0.15) is 111 Å². The summed E-state index contributed by atoms with van der Waals surface area (Å²) in [5.74, 6) is -0.539. The number of hydrogen-bond donors (Lipinski definition) is 4. The number of phenols is 4. The van der Waals surface area contributed by atoms with Crippen LogP contribution >= 0.6 is 0 Å². The van der Waals surface area contributed by atoms with Gasteiger partial charge in [-0.2, -0.15) is 21.0 Å². The third-order valence-corrected chi connectivity index (χ3v) is 13.9. The second-order valence-corrected chi connectivity index (χ2v) is 19.6. The fraction of sp³-hybridized carbons (Fsp3) is 0.118. The quantitative estimate of drug-likeness (QED) is 0.0859. The Labute approximate surface area is 443 Å². The zero-order chi connectivity index (χ0) is 53.6. The Kier molecular flexibility index (Phi) is 14.7. The van der Waals surface area contributed by atoms with Gasteiger partial charge in [-0.25, -0.2) is 0 Å². The zero-order valence-electron chi connectivity index (χ0n) is 42.6. The Morgan fingerprint density at radius 2 is 0.461 bits per heavy atom. The summed E-state index contributed by atoms with van der Waals surface area (Å²) < 4.78 is 0. The molecule has 8 bridgehead atoms. The molecule has 0 saturated carbocycles. The van der Waals surface area contributed by atoms with Gasteiger partial charge in [0.15, 0.2) is 0 Å². The first kappa shape index (κ1) is 50.8. The zero-order valence-corrected chi connectivity index (χ0v) is 42.6. The minimum Gasteiger partial charge on any atom is -0.507 e. The molecule has 8 heteroatoms. The third kappa shape index (κ3) is 11.2. The standard InChI is InChI=1S/C68H52N4O4/c1-41-5-13-45(14-6-41)21-61(37-69)49-25-53-33-55-27-50(62(38-70)22-46-15-7-42(2)8-16-46)29-57(66(55)74)35-59-31-52(64(40-72)24-48-19-11-44(4)12-20-48)32-60(68(59)76)36-58-30-51(28-56(67(58)75)34-54(26-49)65(53)73)63(39-71)23-47-17-9-43(3)10-18-47/h5-32,73-76H,33-36H2,1-4H3/b61-21+,62-22+,63-23+,64-24+. The van der Waals surface area contributed by atoms with E-state index in [1.165, 1.54) is 0 Å². The molecule has 9 rings (SSSR count). The summed E-state index contributed by atoms with van der Waals surface area (Å²) in [6.45, 7) is 7.92. The van der Waals surface area contributed by atoms with Crippen LogP contribution in [0.15, 0.2) is 146 Å². The highest BCUT2D eigenvalue weighted by Crippen LogP contribution is 2.42. The number of phenolic OH excluding ortho intramolecular Hbond substituents is 4. The van der Waals surface area contributed by atoms with Crippen molar-refractivity contribution in [1.82, 2.24) is 0 Å². The number of aryl methyl sites for hydroxylation is 4. The summed E-state index contributed by atoms with van der Waals surface area (Å²) in [6.07, 6.45) is 6.78. The molecule has 76 heavy (non-hydrogen) atoms. The Morgan fingerprint density at radius 3 is 0.605 bits per heavy atom. The topological polar surface area (TPSA) is 176 Å². The molecule has 0 spiro atoms. The molecule has 8 nitrogen and oxygen atoms in total. The van der Waals surface area contributed by atoms with E-state index in [0.717, 1.165) is 44.5 Å². The molecule has 8 aromatic rings. The van der Waals surface area contributed by atoms with Gasteiger partial charge in [-0.15, -0.1) is 0 Å². The molecule has 1 aliphatic carbocycles. The molecule has 0 aromatic heterocycles. The number of nitriles is 4. The number of rotatable bonds is 8. The maximum atomic E-state index is 12.5. The summed E-state index contributed by atoms with van der Waals surface area (Å²) in [5, 5.41) is 93.0. The van der Waals surface area contributed by atoms with Gasteiger partial charge in [0.2, 0.25) is 0 Å². The molecule has 0 saturated heterocycles. The molecule has 368 valence electrons. The third-order valence-electron chi connectivity index (χ3n) is 13.9. The normalized spacial score (nSPS) is 12.7. The summed E-state index contributed by atoms with van der Waals surface area (Å²) >= 11 is 0. The first-order valence-electron chi connectivity index (χ1n) is 24.8. The van der Waals surface area contributed by atoms with E-state index in [2.05, 4.69) is 24.3 Å². The lowest BCUT2D eigenvalue weighted by Crippen LogP contribution is -2.04. The Balaban J connectivity index is 1.33. The van der Waals surface area contributed by atoms with Gasteiger partial charge < -0.3 is 20.4 Å². The van der Waals surface area contributed by atoms with E-state index < -0.39 is 0 Å². The van der Waals surface area contributed by atoms with Crippen molar-refractivity contribution in [1.29, 1.82) is 21.0 Å². The molecular formula is C68H52N4O4. The Bertz CT molecular complexity index is 3300. The fourth-order valence-corrected chi connectivity index (χ4v) is 9.60. The lowest BCUT2D eigenvalue weighted by molar-refractivity contribution is 0.450. The van der Waals surface area contributed by atoms with Crippen LogP contribution in [-0.4, -0.2) is 20.4 Å². The van der Waals surface area contributed by atoms with Crippen molar-refractivity contribution in [3.05, 3.63) is 257 Å². The number of benzene rings is 8. The molecule has 0 radical (unpaired) electrons. The molecule has 0 heterocycles. The van der Waals surface area contributed by atoms with Crippen molar-refractivity contribution >= 4 is 46.6 Å². The predicted octanol–water partition coefficient (Wildman–Crippen LogP) is 14.7. The minimum atomic E-state index is -0.135. The van der Waals surface area contributed by atoms with Gasteiger partial charge in [0.1, 0.15) is 23.0 Å². The van der Waals surface area contributed by atoms with E-state index in [0.29, 0.717) is 89.1 Å². The summed E-state index contributed by atoms with van der Waals surface area (Å²) in [5.41, 5.74) is 13.3. The van der Waals surface area contributed by atoms with E-state index >= 15 is 0 Å². The second kappa shape index (κ2) is 21.9. The van der Waals surface area contributed by atoms with Crippen LogP contribution in [0.3, 0.4) is 0 Å². The van der Waals surface area contributed by atoms with Gasteiger partial charge in [-0.3, -0.25) is 0 Å². The number of aromatic hydroxyl groups is 4. The van der Waals surface area contributed by atoms with Gasteiger partial charge >= 0.3 is 0 Å². The van der Waals surface area contributed by atoms with Crippen LogP contribution in [0.2, 0.25) is 0 Å². The van der Waals surface area contributed by atoms with Gasteiger partial charge in [-0.1, -0.05) is 119 Å². The molecule has 0 fully saturated rings. The van der Waals surface area contributed by atoms with Crippen molar-refractivity contribution in [3.63, 3.8) is 0 Å². The monoisotopic (exact) mass is 988 g/mol. The first-order valence-corrected chi connectivity index (χ1v) is 24.8. The Hall–Kier alpha value is -10.1. The maximum Gasteiger partial charge on any atom is 0.122 e. The van der Waals surface area contributed by atoms with E-state index in [4.69, 9.17) is 0 Å². The van der Waals surface area contributed by atoms with E-state index in [1.54, 1.807) is 72.8 Å². The second-order valence-electron chi connectivity index (χ2n) is 19.6. The highest BCUT2D eigenvalue weighted by atomic mass is 16.3. The number of hydrogen-bond acceptors (Lipinski definition) is 8. The molecular weight excluding hydrogens is 937 g/mol. The fourth-order valence-electron chi connectivity index (χ4n) is 9.60. The van der Waals surface area contributed by atoms with E-state index in [1.807, 2.05) is 125 Å². The lowest BCUT2D eigenvalue weighted by Gasteiger charge is -2.20. The molecule has 0 atom stereocenters. The summed E-state index contributed by atoms with van der Waals surface area (Å²) in [7, 11) is 0.